The Bertz CT molecular complexity index is 1310. The van der Waals surface area contributed by atoms with E-state index in [4.69, 9.17) is 4.74 Å². The fourth-order valence-electron chi connectivity index (χ4n) is 3.00. The molecular formula is C24H22N2O7S. The molecule has 0 radical (unpaired) electrons. The molecule has 0 aromatic heterocycles. The van der Waals surface area contributed by atoms with Gasteiger partial charge in [-0.05, 0) is 42.5 Å². The average Bonchev–Trinajstić information content (AvgIpc) is 2.87. The third kappa shape index (κ3) is 5.59. The van der Waals surface area contributed by atoms with Crippen molar-refractivity contribution < 1.29 is 32.3 Å². The van der Waals surface area contributed by atoms with Crippen LogP contribution in [-0.4, -0.2) is 47.0 Å². The highest BCUT2D eigenvalue weighted by atomic mass is 32.2. The molecule has 3 aromatic rings. The summed E-state index contributed by atoms with van der Waals surface area (Å²) in [7, 11) is -1.31. The predicted octanol–water partition coefficient (Wildman–Crippen LogP) is 3.09. The number of benzene rings is 3. The molecule has 34 heavy (non-hydrogen) atoms. The van der Waals surface area contributed by atoms with Gasteiger partial charge in [-0.15, -0.1) is 0 Å². The van der Waals surface area contributed by atoms with Crippen molar-refractivity contribution in [1.82, 2.24) is 0 Å². The van der Waals surface area contributed by atoms with Crippen LogP contribution in [0.4, 0.5) is 11.4 Å². The van der Waals surface area contributed by atoms with E-state index in [9.17, 15) is 22.8 Å². The van der Waals surface area contributed by atoms with Crippen LogP contribution in [0.15, 0.2) is 83.8 Å². The van der Waals surface area contributed by atoms with E-state index in [1.807, 2.05) is 0 Å². The summed E-state index contributed by atoms with van der Waals surface area (Å²) in [6, 6.07) is 20.0. The lowest BCUT2D eigenvalue weighted by Gasteiger charge is -2.19. The summed E-state index contributed by atoms with van der Waals surface area (Å²) in [6.07, 6.45) is 0. The van der Waals surface area contributed by atoms with Crippen LogP contribution in [0.3, 0.4) is 0 Å². The minimum Gasteiger partial charge on any atom is -0.465 e. The number of amides is 1. The zero-order valence-corrected chi connectivity index (χ0v) is 19.2. The smallest absolute Gasteiger partial charge is 0.339 e. The Balaban J connectivity index is 1.68. The number of ether oxygens (including phenoxy) is 2. The van der Waals surface area contributed by atoms with Crippen molar-refractivity contribution in [2.24, 2.45) is 0 Å². The number of nitrogens with zero attached hydrogens (tertiary/aromatic N) is 1. The molecule has 0 saturated heterocycles. The number of nitrogens with one attached hydrogen (secondary N) is 1. The highest BCUT2D eigenvalue weighted by molar-refractivity contribution is 7.92. The lowest BCUT2D eigenvalue weighted by atomic mass is 10.2. The molecule has 9 nitrogen and oxygen atoms in total. The van der Waals surface area contributed by atoms with E-state index >= 15 is 0 Å². The quantitative estimate of drug-likeness (QED) is 0.490. The van der Waals surface area contributed by atoms with Crippen LogP contribution in [0.25, 0.3) is 0 Å². The molecular weight excluding hydrogens is 460 g/mol. The number of hydrogen-bond donors (Lipinski definition) is 1. The summed E-state index contributed by atoms with van der Waals surface area (Å²) in [6.45, 7) is -0.644. The minimum atomic E-state index is -3.93. The molecule has 0 fully saturated rings. The fraction of sp³-hybridized carbons (Fsp3) is 0.125. The third-order valence-corrected chi connectivity index (χ3v) is 6.57. The predicted molar refractivity (Wildman–Crippen MR) is 125 cm³/mol. The first-order chi connectivity index (χ1) is 16.2. The van der Waals surface area contributed by atoms with Crippen molar-refractivity contribution in [3.8, 4) is 0 Å². The van der Waals surface area contributed by atoms with Crippen LogP contribution in [0.2, 0.25) is 0 Å². The highest BCUT2D eigenvalue weighted by Gasteiger charge is 2.23. The highest BCUT2D eigenvalue weighted by Crippen LogP contribution is 2.22. The standard InChI is InChI=1S/C24H22N2O7S/c1-26(18-10-4-3-5-11-18)34(30,31)19-12-8-9-17(15-19)23(28)33-16-22(27)25-21-14-7-6-13-20(21)24(29)32-2/h3-15H,16H2,1-2H3,(H,25,27). The molecule has 3 aromatic carbocycles. The topological polar surface area (TPSA) is 119 Å². The van der Waals surface area contributed by atoms with Gasteiger partial charge in [0, 0.05) is 7.05 Å². The molecule has 0 saturated carbocycles. The van der Waals surface area contributed by atoms with Gasteiger partial charge < -0.3 is 14.8 Å². The SMILES string of the molecule is COC(=O)c1ccccc1NC(=O)COC(=O)c1cccc(S(=O)(=O)N(C)c2ccccc2)c1. The van der Waals surface area contributed by atoms with Gasteiger partial charge in [-0.2, -0.15) is 0 Å². The summed E-state index contributed by atoms with van der Waals surface area (Å²) in [5.41, 5.74) is 0.766. The maximum atomic E-state index is 13.0. The largest absolute Gasteiger partial charge is 0.465 e. The van der Waals surface area contributed by atoms with E-state index in [1.165, 1.54) is 50.6 Å². The van der Waals surface area contributed by atoms with Gasteiger partial charge >= 0.3 is 11.9 Å². The molecule has 1 N–H and O–H groups in total. The zero-order valence-electron chi connectivity index (χ0n) is 18.4. The number of sulfonamides is 1. The number of rotatable bonds is 8. The van der Waals surface area contributed by atoms with E-state index in [2.05, 4.69) is 10.1 Å². The Morgan fingerprint density at radius 3 is 2.26 bits per heavy atom. The Kier molecular flexibility index (Phi) is 7.64. The second-order valence-electron chi connectivity index (χ2n) is 7.00. The van der Waals surface area contributed by atoms with Gasteiger partial charge in [0.2, 0.25) is 0 Å². The summed E-state index contributed by atoms with van der Waals surface area (Å²) in [5, 5.41) is 2.48. The summed E-state index contributed by atoms with van der Waals surface area (Å²) in [5.74, 6) is -2.19. The van der Waals surface area contributed by atoms with Crippen molar-refractivity contribution in [2.75, 3.05) is 30.4 Å². The minimum absolute atomic E-state index is 0.0368. The Morgan fingerprint density at radius 2 is 1.56 bits per heavy atom. The van der Waals surface area contributed by atoms with Crippen LogP contribution in [0.1, 0.15) is 20.7 Å². The third-order valence-electron chi connectivity index (χ3n) is 4.79. The molecule has 0 aliphatic rings. The van der Waals surface area contributed by atoms with Gasteiger partial charge in [0.25, 0.3) is 15.9 Å². The van der Waals surface area contributed by atoms with Gasteiger partial charge in [-0.3, -0.25) is 9.10 Å². The fourth-order valence-corrected chi connectivity index (χ4v) is 4.24. The first kappa shape index (κ1) is 24.5. The number of carbonyl (C=O) groups is 3. The van der Waals surface area contributed by atoms with Crippen LogP contribution in [0, 0.1) is 0 Å². The summed E-state index contributed by atoms with van der Waals surface area (Å²) in [4.78, 5) is 36.4. The van der Waals surface area contributed by atoms with Crippen LogP contribution in [0.5, 0.6) is 0 Å². The van der Waals surface area contributed by atoms with Gasteiger partial charge in [0.05, 0.1) is 34.5 Å². The normalized spacial score (nSPS) is 10.8. The van der Waals surface area contributed by atoms with E-state index < -0.39 is 34.5 Å². The maximum absolute atomic E-state index is 13.0. The molecule has 0 aliphatic carbocycles. The van der Waals surface area contributed by atoms with E-state index in [0.717, 1.165) is 4.31 Å². The Labute approximate surface area is 197 Å². The van der Waals surface area contributed by atoms with Crippen molar-refractivity contribution in [3.63, 3.8) is 0 Å². The molecule has 0 atom stereocenters. The Hall–Kier alpha value is -4.18. The van der Waals surface area contributed by atoms with Crippen LogP contribution < -0.4 is 9.62 Å². The van der Waals surface area contributed by atoms with Crippen LogP contribution >= 0.6 is 0 Å². The van der Waals surface area contributed by atoms with Gasteiger partial charge in [-0.1, -0.05) is 36.4 Å². The lowest BCUT2D eigenvalue weighted by molar-refractivity contribution is -0.119. The molecule has 0 spiro atoms. The number of esters is 2. The first-order valence-electron chi connectivity index (χ1n) is 10.0. The van der Waals surface area contributed by atoms with Crippen molar-refractivity contribution >= 4 is 39.2 Å². The molecule has 1 amide bonds. The molecule has 10 heteroatoms. The van der Waals surface area contributed by atoms with E-state index in [-0.39, 0.29) is 21.7 Å². The zero-order chi connectivity index (χ0) is 24.7. The second kappa shape index (κ2) is 10.6. The molecule has 0 aliphatic heterocycles. The average molecular weight is 483 g/mol. The maximum Gasteiger partial charge on any atom is 0.339 e. The Morgan fingerprint density at radius 1 is 0.882 bits per heavy atom. The molecule has 0 bridgehead atoms. The van der Waals surface area contributed by atoms with Gasteiger partial charge in [0.1, 0.15) is 0 Å². The van der Waals surface area contributed by atoms with Crippen LogP contribution in [-0.2, 0) is 24.3 Å². The van der Waals surface area contributed by atoms with E-state index in [1.54, 1.807) is 42.5 Å². The van der Waals surface area contributed by atoms with Gasteiger partial charge in [0.15, 0.2) is 6.61 Å². The van der Waals surface area contributed by atoms with Crippen molar-refractivity contribution in [1.29, 1.82) is 0 Å². The number of methoxy groups -OCH3 is 1. The molecule has 0 heterocycles. The number of hydrogen-bond acceptors (Lipinski definition) is 7. The second-order valence-corrected chi connectivity index (χ2v) is 8.97. The molecule has 3 rings (SSSR count). The van der Waals surface area contributed by atoms with Crippen molar-refractivity contribution in [3.05, 3.63) is 90.0 Å². The number of anilines is 2. The monoisotopic (exact) mass is 482 g/mol. The molecule has 176 valence electrons. The molecule has 0 unspecified atom stereocenters. The van der Waals surface area contributed by atoms with Gasteiger partial charge in [-0.25, -0.2) is 18.0 Å². The summed E-state index contributed by atoms with van der Waals surface area (Å²) < 4.78 is 36.7. The lowest BCUT2D eigenvalue weighted by Crippen LogP contribution is -2.26. The van der Waals surface area contributed by atoms with E-state index in [0.29, 0.717) is 5.69 Å². The number of para-hydroxylation sites is 2. The summed E-state index contributed by atoms with van der Waals surface area (Å²) >= 11 is 0. The number of carbonyl (C=O) groups excluding carboxylic acids is 3. The van der Waals surface area contributed by atoms with Crippen molar-refractivity contribution in [2.45, 2.75) is 4.90 Å². The first-order valence-corrected chi connectivity index (χ1v) is 11.5.